The Morgan fingerprint density at radius 2 is 0.938 bits per heavy atom. The van der Waals surface area contributed by atoms with Crippen LogP contribution < -0.4 is 6.54 Å². The number of hydrogen-bond acceptors (Lipinski definition) is 0. The van der Waals surface area contributed by atoms with Crippen LogP contribution in [0.2, 0.25) is 9.26 Å². The second-order valence-corrected chi connectivity index (χ2v) is 54.5. The Morgan fingerprint density at radius 3 is 1.38 bits per heavy atom. The van der Waals surface area contributed by atoms with Gasteiger partial charge in [-0.05, 0) is 0 Å². The van der Waals surface area contributed by atoms with Crippen LogP contribution in [0, 0.1) is 0 Å². The van der Waals surface area contributed by atoms with E-state index in [2.05, 4.69) is 94.2 Å². The molecule has 4 aromatic rings. The Bertz CT molecular complexity index is 1490. The van der Waals surface area contributed by atoms with Crippen molar-refractivity contribution >= 4 is 27.8 Å². The summed E-state index contributed by atoms with van der Waals surface area (Å²) in [5.41, 5.74) is 10.1. The molecule has 2 aliphatic carbocycles. The molecule has 2 aliphatic rings. The van der Waals surface area contributed by atoms with E-state index in [0.717, 1.165) is 19.4 Å². The minimum atomic E-state index is -5.97. The first-order chi connectivity index (χ1) is 14.9. The molecule has 0 fully saturated rings. The average molecular weight is 537 g/mol. The summed E-state index contributed by atoms with van der Waals surface area (Å²) in [5, 5.41) is 0. The topological polar surface area (TPSA) is 0 Å². The van der Waals surface area contributed by atoms with Gasteiger partial charge < -0.3 is 0 Å². The van der Waals surface area contributed by atoms with E-state index < -0.39 is 12.9 Å². The number of rotatable bonds is 2. The molecular formula is C29H26Cl2Zr. The van der Waals surface area contributed by atoms with E-state index in [1.165, 1.54) is 44.5 Å². The molecule has 0 bridgehead atoms. The quantitative estimate of drug-likeness (QED) is 0.217. The van der Waals surface area contributed by atoms with Crippen LogP contribution in [-0.2, 0) is 25.8 Å². The minimum absolute atomic E-state index is 0.837. The third-order valence-corrected chi connectivity index (χ3v) is 25.5. The van der Waals surface area contributed by atoms with Gasteiger partial charge in [0.2, 0.25) is 0 Å². The number of benzene rings is 4. The summed E-state index contributed by atoms with van der Waals surface area (Å²) in [6.45, 7) is 0. The Kier molecular flexibility index (Phi) is 3.55. The maximum absolute atomic E-state index is 8.05. The third-order valence-electron chi connectivity index (χ3n) is 7.84. The molecule has 0 aliphatic heterocycles. The van der Waals surface area contributed by atoms with Gasteiger partial charge in [0.05, 0.1) is 0 Å². The van der Waals surface area contributed by atoms with Gasteiger partial charge in [-0.15, -0.1) is 0 Å². The second kappa shape index (κ2) is 5.47. The van der Waals surface area contributed by atoms with Gasteiger partial charge in [0.15, 0.2) is 0 Å². The van der Waals surface area contributed by atoms with E-state index in [1.54, 1.807) is 0 Å². The normalized spacial score (nSPS) is 17.2. The molecule has 0 aromatic heterocycles. The van der Waals surface area contributed by atoms with Crippen molar-refractivity contribution in [3.63, 3.8) is 0 Å². The van der Waals surface area contributed by atoms with Gasteiger partial charge in [-0.3, -0.25) is 0 Å². The van der Waals surface area contributed by atoms with Gasteiger partial charge in [-0.25, -0.2) is 0 Å². The van der Waals surface area contributed by atoms with Crippen LogP contribution >= 0.6 is 17.0 Å². The fraction of sp³-hybridized carbons (Fsp3) is 0.138. The van der Waals surface area contributed by atoms with Gasteiger partial charge in [-0.1, -0.05) is 0 Å². The molecule has 0 spiro atoms. The zero-order valence-corrected chi connectivity index (χ0v) is 22.4. The van der Waals surface area contributed by atoms with Crippen LogP contribution in [0.1, 0.15) is 22.3 Å². The van der Waals surface area contributed by atoms with E-state index in [9.17, 15) is 0 Å². The SMILES string of the molecule is [CH2]=[Zr]([CH3])([CH3])([Cl])([Cl])([c]1cccc2c1Cc1ccccc1-2)[c]1cccc2c1Cc1ccccc1-2. The van der Waals surface area contributed by atoms with Crippen LogP contribution in [0.4, 0.5) is 0 Å². The summed E-state index contributed by atoms with van der Waals surface area (Å²) in [5.74, 6) is 0. The second-order valence-electron chi connectivity index (χ2n) is 11.5. The molecule has 0 saturated carbocycles. The fourth-order valence-corrected chi connectivity index (χ4v) is 21.9. The van der Waals surface area contributed by atoms with Crippen LogP contribution in [0.3, 0.4) is 0 Å². The molecule has 0 atom stereocenters. The standard InChI is InChI=1S/2C13H9.2CH3.CH2.2ClH.Zr/c2*1-3-7-12-10(5-1)9-11-6-2-4-8-13(11)12;;;;;;/h2*1-5,7-8H,9H2;2*1H3;1H2;2*1H;/q;;;;;;;+2/p-2. The predicted molar refractivity (Wildman–Crippen MR) is 139 cm³/mol. The van der Waals surface area contributed by atoms with Gasteiger partial charge >= 0.3 is 192 Å². The zero-order valence-electron chi connectivity index (χ0n) is 18.5. The number of halogens is 2. The molecule has 0 radical (unpaired) electrons. The summed E-state index contributed by atoms with van der Waals surface area (Å²) >= 11 is -5.97. The average Bonchev–Trinajstić information content (AvgIpc) is 3.30. The predicted octanol–water partition coefficient (Wildman–Crippen LogP) is 7.38. The maximum atomic E-state index is 8.05. The van der Waals surface area contributed by atoms with Crippen molar-refractivity contribution in [2.45, 2.75) is 22.1 Å². The van der Waals surface area contributed by atoms with Crippen molar-refractivity contribution < 1.29 is 12.9 Å². The van der Waals surface area contributed by atoms with E-state index in [4.69, 9.17) is 21.2 Å². The van der Waals surface area contributed by atoms with Gasteiger partial charge in [0.25, 0.3) is 0 Å². The first-order valence-corrected chi connectivity index (χ1v) is 26.7. The zero-order chi connectivity index (χ0) is 22.5. The first kappa shape index (κ1) is 20.8. The molecule has 0 saturated heterocycles. The molecular weight excluding hydrogens is 510 g/mol. The van der Waals surface area contributed by atoms with Crippen molar-refractivity contribution in [1.82, 2.24) is 0 Å². The number of hydrogen-bond donors (Lipinski definition) is 0. The van der Waals surface area contributed by atoms with E-state index in [0.29, 0.717) is 0 Å². The van der Waals surface area contributed by atoms with Crippen molar-refractivity contribution in [2.24, 2.45) is 0 Å². The monoisotopic (exact) mass is 534 g/mol. The van der Waals surface area contributed by atoms with Crippen LogP contribution in [0.5, 0.6) is 0 Å². The Hall–Kier alpha value is -1.79. The van der Waals surface area contributed by atoms with Gasteiger partial charge in [0, 0.05) is 0 Å². The van der Waals surface area contributed by atoms with Crippen molar-refractivity contribution in [1.29, 1.82) is 0 Å². The number of fused-ring (bicyclic) bond motifs is 6. The molecule has 160 valence electrons. The molecule has 4 aromatic carbocycles. The van der Waals surface area contributed by atoms with E-state index in [-0.39, 0.29) is 0 Å². The van der Waals surface area contributed by atoms with E-state index >= 15 is 0 Å². The van der Waals surface area contributed by atoms with Crippen LogP contribution in [0.15, 0.2) is 84.9 Å². The molecule has 0 unspecified atom stereocenters. The van der Waals surface area contributed by atoms with Crippen LogP contribution in [0.25, 0.3) is 22.3 Å². The van der Waals surface area contributed by atoms with Crippen molar-refractivity contribution in [2.75, 3.05) is 0 Å². The molecule has 0 heterocycles. The summed E-state index contributed by atoms with van der Waals surface area (Å²) in [4.78, 5) is 0. The Labute approximate surface area is 191 Å². The van der Waals surface area contributed by atoms with E-state index in [1.807, 2.05) is 0 Å². The van der Waals surface area contributed by atoms with Gasteiger partial charge in [0.1, 0.15) is 0 Å². The van der Waals surface area contributed by atoms with Crippen molar-refractivity contribution in [3.05, 3.63) is 107 Å². The molecule has 0 amide bonds. The fourth-order valence-electron chi connectivity index (χ4n) is 6.32. The molecule has 0 nitrogen and oxygen atoms in total. The molecule has 0 N–H and O–H groups in total. The molecule has 3 heteroatoms. The van der Waals surface area contributed by atoms with Crippen LogP contribution in [-0.4, -0.2) is 4.21 Å². The Balaban J connectivity index is 1.69. The van der Waals surface area contributed by atoms with Gasteiger partial charge in [-0.2, -0.15) is 0 Å². The summed E-state index contributed by atoms with van der Waals surface area (Å²) in [7, 11) is 16.1. The summed E-state index contributed by atoms with van der Waals surface area (Å²) < 4.78 is 11.1. The molecule has 6 rings (SSSR count). The third kappa shape index (κ3) is 2.68. The summed E-state index contributed by atoms with van der Waals surface area (Å²) in [6, 6.07) is 30.1. The molecule has 32 heavy (non-hydrogen) atoms. The van der Waals surface area contributed by atoms with Crippen molar-refractivity contribution in [3.8, 4) is 22.3 Å². The first-order valence-electron chi connectivity index (χ1n) is 11.3. The summed E-state index contributed by atoms with van der Waals surface area (Å²) in [6.07, 6.45) is 1.67. The Morgan fingerprint density at radius 1 is 0.562 bits per heavy atom.